The monoisotopic (exact) mass is 360 g/mol. The second-order valence-electron chi connectivity index (χ2n) is 5.43. The number of ether oxygens (including phenoxy) is 1. The lowest BCUT2D eigenvalue weighted by Gasteiger charge is -2.09. The van der Waals surface area contributed by atoms with Crippen LogP contribution in [0, 0.1) is 6.92 Å². The van der Waals surface area contributed by atoms with Crippen LogP contribution in [0.25, 0.3) is 11.0 Å². The zero-order chi connectivity index (χ0) is 18.2. The van der Waals surface area contributed by atoms with Gasteiger partial charge in [-0.2, -0.15) is 5.10 Å². The first kappa shape index (κ1) is 16.9. The van der Waals surface area contributed by atoms with E-state index in [-0.39, 0.29) is 10.5 Å². The number of benzene rings is 1. The van der Waals surface area contributed by atoms with Crippen molar-refractivity contribution in [2.24, 2.45) is 7.05 Å². The fourth-order valence-corrected chi connectivity index (χ4v) is 3.57. The maximum absolute atomic E-state index is 12.6. The molecule has 8 nitrogen and oxygen atoms in total. The molecule has 0 spiro atoms. The van der Waals surface area contributed by atoms with Crippen LogP contribution in [0.3, 0.4) is 0 Å². The van der Waals surface area contributed by atoms with Crippen LogP contribution in [0.2, 0.25) is 0 Å². The average molecular weight is 360 g/mol. The number of aromatic nitrogens is 3. The fourth-order valence-electron chi connectivity index (χ4n) is 2.49. The van der Waals surface area contributed by atoms with Crippen LogP contribution >= 0.6 is 0 Å². The molecule has 0 fully saturated rings. The first-order valence-corrected chi connectivity index (χ1v) is 8.80. The summed E-state index contributed by atoms with van der Waals surface area (Å²) in [7, 11) is -0.874. The van der Waals surface area contributed by atoms with Crippen LogP contribution in [-0.2, 0) is 21.8 Å². The van der Waals surface area contributed by atoms with E-state index >= 15 is 0 Å². The van der Waals surface area contributed by atoms with E-state index in [1.807, 2.05) is 6.92 Å². The minimum atomic E-state index is -3.88. The first-order valence-electron chi connectivity index (χ1n) is 7.32. The lowest BCUT2D eigenvalue weighted by Crippen LogP contribution is -2.14. The molecule has 0 saturated carbocycles. The van der Waals surface area contributed by atoms with Gasteiger partial charge in [-0.3, -0.25) is 9.40 Å². The normalized spacial score (nSPS) is 11.5. The van der Waals surface area contributed by atoms with E-state index in [0.717, 1.165) is 11.1 Å². The number of nitrogens with one attached hydrogen (secondary N) is 1. The van der Waals surface area contributed by atoms with Crippen LogP contribution in [-0.4, -0.2) is 36.3 Å². The molecule has 0 saturated heterocycles. The van der Waals surface area contributed by atoms with Crippen molar-refractivity contribution in [3.63, 3.8) is 0 Å². The quantitative estimate of drug-likeness (QED) is 0.713. The molecule has 3 aromatic rings. The highest BCUT2D eigenvalue weighted by atomic mass is 32.2. The molecule has 0 amide bonds. The summed E-state index contributed by atoms with van der Waals surface area (Å²) in [5.74, 6) is -0.605. The number of carbonyl (C=O) groups excluding carboxylic acids is 1. The van der Waals surface area contributed by atoms with E-state index in [0.29, 0.717) is 11.3 Å². The number of pyridine rings is 1. The lowest BCUT2D eigenvalue weighted by molar-refractivity contribution is 0.0600. The molecule has 0 aliphatic rings. The molecule has 130 valence electrons. The van der Waals surface area contributed by atoms with E-state index in [1.54, 1.807) is 17.8 Å². The molecular weight excluding hydrogens is 344 g/mol. The number of aryl methyl sites for hydroxylation is 2. The third-order valence-corrected chi connectivity index (χ3v) is 5.06. The number of hydrogen-bond donors (Lipinski definition) is 1. The molecule has 0 atom stereocenters. The highest BCUT2D eigenvalue weighted by Gasteiger charge is 2.18. The number of fused-ring (bicyclic) bond motifs is 1. The summed E-state index contributed by atoms with van der Waals surface area (Å²) < 4.78 is 33.9. The standard InChI is InChI=1S/C16H16N4O4S/c1-10-14-8-12(9-17-15(14)20(2)18-10)19-25(22,23)13-6-4-5-11(7-13)16(21)24-3/h4-9,19H,1-3H3. The predicted octanol–water partition coefficient (Wildman–Crippen LogP) is 1.86. The summed E-state index contributed by atoms with van der Waals surface area (Å²) in [6.07, 6.45) is 1.42. The zero-order valence-corrected chi connectivity index (χ0v) is 14.7. The van der Waals surface area contributed by atoms with Crippen molar-refractivity contribution in [2.75, 3.05) is 11.8 Å². The molecule has 3 rings (SSSR count). The van der Waals surface area contributed by atoms with Crippen molar-refractivity contribution in [1.82, 2.24) is 14.8 Å². The maximum Gasteiger partial charge on any atom is 0.337 e. The van der Waals surface area contributed by atoms with Gasteiger partial charge in [0.1, 0.15) is 0 Å². The molecular formula is C16H16N4O4S. The second-order valence-corrected chi connectivity index (χ2v) is 7.11. The van der Waals surface area contributed by atoms with Crippen LogP contribution in [0.1, 0.15) is 16.1 Å². The summed E-state index contributed by atoms with van der Waals surface area (Å²) in [5.41, 5.74) is 1.88. The lowest BCUT2D eigenvalue weighted by atomic mass is 10.2. The van der Waals surface area contributed by atoms with Crippen molar-refractivity contribution in [2.45, 2.75) is 11.8 Å². The van der Waals surface area contributed by atoms with Crippen molar-refractivity contribution in [1.29, 1.82) is 0 Å². The number of nitrogens with zero attached hydrogens (tertiary/aromatic N) is 3. The third kappa shape index (κ3) is 3.18. The van der Waals surface area contributed by atoms with Gasteiger partial charge < -0.3 is 4.74 Å². The van der Waals surface area contributed by atoms with E-state index in [4.69, 9.17) is 0 Å². The highest BCUT2D eigenvalue weighted by molar-refractivity contribution is 7.92. The second kappa shape index (κ2) is 6.17. The van der Waals surface area contributed by atoms with Crippen molar-refractivity contribution in [3.05, 3.63) is 47.8 Å². The summed E-state index contributed by atoms with van der Waals surface area (Å²) in [6, 6.07) is 7.29. The molecule has 0 unspecified atom stereocenters. The Morgan fingerprint density at radius 1 is 1.28 bits per heavy atom. The van der Waals surface area contributed by atoms with Crippen molar-refractivity contribution >= 4 is 32.7 Å². The molecule has 9 heteroatoms. The number of hydrogen-bond acceptors (Lipinski definition) is 6. The Balaban J connectivity index is 1.96. The van der Waals surface area contributed by atoms with Gasteiger partial charge in [-0.1, -0.05) is 6.07 Å². The van der Waals surface area contributed by atoms with Gasteiger partial charge in [0.15, 0.2) is 5.65 Å². The van der Waals surface area contributed by atoms with E-state index in [9.17, 15) is 13.2 Å². The molecule has 0 bridgehead atoms. The summed E-state index contributed by atoms with van der Waals surface area (Å²) in [6.45, 7) is 1.82. The predicted molar refractivity (Wildman–Crippen MR) is 91.8 cm³/mol. The van der Waals surface area contributed by atoms with Gasteiger partial charge in [-0.25, -0.2) is 18.2 Å². The van der Waals surface area contributed by atoms with Crippen molar-refractivity contribution in [3.8, 4) is 0 Å². The summed E-state index contributed by atoms with van der Waals surface area (Å²) in [4.78, 5) is 15.8. The molecule has 2 heterocycles. The number of esters is 1. The van der Waals surface area contributed by atoms with Gasteiger partial charge in [0, 0.05) is 12.4 Å². The highest BCUT2D eigenvalue weighted by Crippen LogP contribution is 2.22. The van der Waals surface area contributed by atoms with Crippen molar-refractivity contribution < 1.29 is 17.9 Å². The number of sulfonamides is 1. The summed E-state index contributed by atoms with van der Waals surface area (Å²) >= 11 is 0. The number of anilines is 1. The molecule has 0 aliphatic carbocycles. The Kier molecular flexibility index (Phi) is 4.17. The summed E-state index contributed by atoms with van der Waals surface area (Å²) in [5, 5.41) is 5.01. The van der Waals surface area contributed by atoms with Crippen LogP contribution in [0.5, 0.6) is 0 Å². The van der Waals surface area contributed by atoms with E-state index < -0.39 is 16.0 Å². The molecule has 0 radical (unpaired) electrons. The molecule has 0 aliphatic heterocycles. The van der Waals surface area contributed by atoms with Gasteiger partial charge in [0.05, 0.1) is 35.1 Å². The fraction of sp³-hybridized carbons (Fsp3) is 0.188. The Bertz CT molecular complexity index is 1070. The van der Waals surface area contributed by atoms with E-state index in [1.165, 1.54) is 37.6 Å². The first-order chi connectivity index (χ1) is 11.8. The SMILES string of the molecule is COC(=O)c1cccc(S(=O)(=O)Nc2cnc3c(c2)c(C)nn3C)c1. The van der Waals surface area contributed by atoms with Gasteiger partial charge >= 0.3 is 5.97 Å². The van der Waals surface area contributed by atoms with Gasteiger partial charge in [0.25, 0.3) is 10.0 Å². The Morgan fingerprint density at radius 3 is 2.76 bits per heavy atom. The van der Waals surface area contributed by atoms with Gasteiger partial charge in [-0.05, 0) is 31.2 Å². The maximum atomic E-state index is 12.6. The zero-order valence-electron chi connectivity index (χ0n) is 13.8. The number of methoxy groups -OCH3 is 1. The number of rotatable bonds is 4. The van der Waals surface area contributed by atoms with E-state index in [2.05, 4.69) is 19.5 Å². The number of carbonyl (C=O) groups is 1. The Morgan fingerprint density at radius 2 is 2.04 bits per heavy atom. The molecule has 2 aromatic heterocycles. The van der Waals surface area contributed by atoms with Crippen LogP contribution < -0.4 is 4.72 Å². The minimum absolute atomic E-state index is 0.0431. The molecule has 1 aromatic carbocycles. The van der Waals surface area contributed by atoms with Crippen LogP contribution in [0.4, 0.5) is 5.69 Å². The van der Waals surface area contributed by atoms with Gasteiger partial charge in [-0.15, -0.1) is 0 Å². The Hall–Kier alpha value is -2.94. The topological polar surface area (TPSA) is 103 Å². The smallest absolute Gasteiger partial charge is 0.337 e. The average Bonchev–Trinajstić information content (AvgIpc) is 2.88. The largest absolute Gasteiger partial charge is 0.465 e. The Labute approximate surface area is 144 Å². The molecule has 1 N–H and O–H groups in total. The third-order valence-electron chi connectivity index (χ3n) is 3.68. The van der Waals surface area contributed by atoms with Gasteiger partial charge in [0.2, 0.25) is 0 Å². The minimum Gasteiger partial charge on any atom is -0.465 e. The molecule has 25 heavy (non-hydrogen) atoms. The van der Waals surface area contributed by atoms with Crippen LogP contribution in [0.15, 0.2) is 41.4 Å².